The summed E-state index contributed by atoms with van der Waals surface area (Å²) in [7, 11) is -1.70. The molecule has 176 valence electrons. The van der Waals surface area contributed by atoms with Gasteiger partial charge >= 0.3 is 0 Å². The van der Waals surface area contributed by atoms with E-state index in [1.807, 2.05) is 24.3 Å². The van der Waals surface area contributed by atoms with E-state index in [1.165, 1.54) is 12.8 Å². The Morgan fingerprint density at radius 2 is 2.00 bits per heavy atom. The summed E-state index contributed by atoms with van der Waals surface area (Å²) in [6.45, 7) is 2.63. The van der Waals surface area contributed by atoms with Crippen LogP contribution in [-0.4, -0.2) is 59.6 Å². The number of nitrogens with zero attached hydrogens (tertiary/aromatic N) is 1. The van der Waals surface area contributed by atoms with Crippen LogP contribution in [0, 0.1) is 5.92 Å². The van der Waals surface area contributed by atoms with Gasteiger partial charge in [-0.3, -0.25) is 4.99 Å². The summed E-state index contributed by atoms with van der Waals surface area (Å²) >= 11 is 0. The molecular weight excluding hydrogens is 531 g/mol. The van der Waals surface area contributed by atoms with E-state index in [9.17, 15) is 8.42 Å². The zero-order valence-electron chi connectivity index (χ0n) is 18.1. The van der Waals surface area contributed by atoms with Gasteiger partial charge in [-0.15, -0.1) is 24.0 Å². The second kappa shape index (κ2) is 13.4. The molecule has 1 aliphatic carbocycles. The van der Waals surface area contributed by atoms with Crippen LogP contribution in [0.15, 0.2) is 29.3 Å². The van der Waals surface area contributed by atoms with Gasteiger partial charge in [0.15, 0.2) is 5.96 Å². The normalized spacial score (nSPS) is 19.4. The van der Waals surface area contributed by atoms with E-state index in [0.717, 1.165) is 37.2 Å². The highest BCUT2D eigenvalue weighted by atomic mass is 127. The third-order valence-electron chi connectivity index (χ3n) is 5.28. The van der Waals surface area contributed by atoms with Crippen LogP contribution in [-0.2, 0) is 21.3 Å². The molecule has 8 nitrogen and oxygen atoms in total. The van der Waals surface area contributed by atoms with Gasteiger partial charge in [0.1, 0.15) is 5.75 Å². The Labute approximate surface area is 203 Å². The molecule has 0 spiro atoms. The first kappa shape index (κ1) is 26.1. The predicted octanol–water partition coefficient (Wildman–Crippen LogP) is 2.25. The van der Waals surface area contributed by atoms with E-state index in [1.54, 1.807) is 7.05 Å². The van der Waals surface area contributed by atoms with Gasteiger partial charge < -0.3 is 20.1 Å². The van der Waals surface area contributed by atoms with Crippen molar-refractivity contribution in [2.75, 3.05) is 39.1 Å². The van der Waals surface area contributed by atoms with Crippen LogP contribution in [0.1, 0.15) is 37.7 Å². The lowest BCUT2D eigenvalue weighted by molar-refractivity contribution is 0.0200. The molecule has 0 radical (unpaired) electrons. The number of rotatable bonds is 11. The van der Waals surface area contributed by atoms with E-state index in [2.05, 4.69) is 20.3 Å². The van der Waals surface area contributed by atoms with E-state index in [4.69, 9.17) is 9.47 Å². The summed E-state index contributed by atoms with van der Waals surface area (Å²) in [6, 6.07) is 7.94. The summed E-state index contributed by atoms with van der Waals surface area (Å²) in [4.78, 5) is 4.17. The van der Waals surface area contributed by atoms with Crippen molar-refractivity contribution in [3.05, 3.63) is 29.8 Å². The zero-order chi connectivity index (χ0) is 21.2. The number of nitrogens with one attached hydrogen (secondary N) is 3. The van der Waals surface area contributed by atoms with Crippen molar-refractivity contribution in [1.29, 1.82) is 0 Å². The Hall–Kier alpha value is -1.11. The van der Waals surface area contributed by atoms with Crippen LogP contribution in [0.2, 0.25) is 0 Å². The maximum absolute atomic E-state index is 12.2. The monoisotopic (exact) mass is 566 g/mol. The number of aliphatic imine (C=N–C) groups is 1. The lowest BCUT2D eigenvalue weighted by atomic mass is 10.1. The average Bonchev–Trinajstić information content (AvgIpc) is 3.59. The summed E-state index contributed by atoms with van der Waals surface area (Å²) in [5, 5.41) is 6.28. The Morgan fingerprint density at radius 1 is 1.19 bits per heavy atom. The minimum Gasteiger partial charge on any atom is -0.493 e. The molecule has 3 rings (SSSR count). The molecule has 2 fully saturated rings. The molecule has 1 heterocycles. The first-order valence-corrected chi connectivity index (χ1v) is 12.4. The van der Waals surface area contributed by atoms with Crippen molar-refractivity contribution in [2.45, 2.75) is 44.8 Å². The molecule has 31 heavy (non-hydrogen) atoms. The summed E-state index contributed by atoms with van der Waals surface area (Å²) in [5.74, 6) is 2.10. The zero-order valence-corrected chi connectivity index (χ0v) is 21.3. The third-order valence-corrected chi connectivity index (χ3v) is 6.63. The fourth-order valence-electron chi connectivity index (χ4n) is 3.25. The standard InChI is InChI=1S/C21H34N4O4S.HI/c1-22-21(23-11-13-30(26,27)25-15-19-7-4-5-12-28-19)24-14-18-6-2-3-8-20(18)29-16-17-9-10-17;/h2-3,6,8,17,19,25H,4-5,7,9-16H2,1H3,(H2,22,23,24);1H. The fraction of sp³-hybridized carbons (Fsp3) is 0.667. The molecule has 1 unspecified atom stereocenters. The van der Waals surface area contributed by atoms with Crippen molar-refractivity contribution in [3.8, 4) is 5.75 Å². The first-order chi connectivity index (χ1) is 14.6. The van der Waals surface area contributed by atoms with Crippen LogP contribution in [0.3, 0.4) is 0 Å². The highest BCUT2D eigenvalue weighted by molar-refractivity contribution is 14.0. The topological polar surface area (TPSA) is 101 Å². The van der Waals surface area contributed by atoms with E-state index in [-0.39, 0.29) is 42.4 Å². The number of guanidine groups is 1. The smallest absolute Gasteiger partial charge is 0.213 e. The van der Waals surface area contributed by atoms with Gasteiger partial charge in [-0.2, -0.15) is 0 Å². The number of benzene rings is 1. The molecule has 1 saturated heterocycles. The van der Waals surface area contributed by atoms with Crippen LogP contribution >= 0.6 is 24.0 Å². The highest BCUT2D eigenvalue weighted by Gasteiger charge is 2.22. The predicted molar refractivity (Wildman–Crippen MR) is 134 cm³/mol. The average molecular weight is 567 g/mol. The van der Waals surface area contributed by atoms with Crippen molar-refractivity contribution in [1.82, 2.24) is 15.4 Å². The molecule has 1 atom stereocenters. The van der Waals surface area contributed by atoms with E-state index in [0.29, 0.717) is 31.6 Å². The number of para-hydroxylation sites is 1. The Bertz CT molecular complexity index is 796. The minimum atomic E-state index is -3.36. The number of ether oxygens (including phenoxy) is 2. The molecule has 10 heteroatoms. The lowest BCUT2D eigenvalue weighted by Gasteiger charge is -2.22. The van der Waals surface area contributed by atoms with Gasteiger partial charge in [0.2, 0.25) is 10.0 Å². The van der Waals surface area contributed by atoms with Gasteiger partial charge in [0.25, 0.3) is 0 Å². The number of sulfonamides is 1. The molecule has 2 aliphatic rings. The number of halogens is 1. The second-order valence-electron chi connectivity index (χ2n) is 7.87. The lowest BCUT2D eigenvalue weighted by Crippen LogP contribution is -2.42. The van der Waals surface area contributed by atoms with E-state index < -0.39 is 10.0 Å². The minimum absolute atomic E-state index is 0. The summed E-state index contributed by atoms with van der Waals surface area (Å²) < 4.78 is 38.6. The van der Waals surface area contributed by atoms with Crippen LogP contribution in [0.25, 0.3) is 0 Å². The van der Waals surface area contributed by atoms with Gasteiger partial charge in [0.05, 0.1) is 18.5 Å². The number of hydrogen-bond donors (Lipinski definition) is 3. The Morgan fingerprint density at radius 3 is 2.71 bits per heavy atom. The quantitative estimate of drug-likeness (QED) is 0.216. The van der Waals surface area contributed by atoms with Gasteiger partial charge in [-0.05, 0) is 44.1 Å². The highest BCUT2D eigenvalue weighted by Crippen LogP contribution is 2.30. The Balaban J connectivity index is 0.00000341. The van der Waals surface area contributed by atoms with Crippen LogP contribution in [0.4, 0.5) is 0 Å². The molecular formula is C21H35IN4O4S. The second-order valence-corrected chi connectivity index (χ2v) is 9.80. The number of hydrogen-bond acceptors (Lipinski definition) is 5. The molecule has 0 amide bonds. The van der Waals surface area contributed by atoms with Crippen molar-refractivity contribution in [2.24, 2.45) is 10.9 Å². The first-order valence-electron chi connectivity index (χ1n) is 10.8. The third kappa shape index (κ3) is 9.92. The molecule has 1 aromatic carbocycles. The van der Waals surface area contributed by atoms with Crippen molar-refractivity contribution in [3.63, 3.8) is 0 Å². The van der Waals surface area contributed by atoms with Gasteiger partial charge in [-0.1, -0.05) is 18.2 Å². The molecule has 1 saturated carbocycles. The largest absolute Gasteiger partial charge is 0.493 e. The fourth-order valence-corrected chi connectivity index (χ4v) is 4.20. The molecule has 0 aromatic heterocycles. The van der Waals surface area contributed by atoms with Gasteiger partial charge in [-0.25, -0.2) is 13.1 Å². The molecule has 1 aliphatic heterocycles. The Kier molecular flexibility index (Phi) is 11.3. The molecule has 3 N–H and O–H groups in total. The summed E-state index contributed by atoms with van der Waals surface area (Å²) in [6.07, 6.45) is 5.54. The molecule has 1 aromatic rings. The van der Waals surface area contributed by atoms with Crippen molar-refractivity contribution >= 4 is 40.0 Å². The van der Waals surface area contributed by atoms with Gasteiger partial charge in [0, 0.05) is 38.9 Å². The maximum atomic E-state index is 12.2. The van der Waals surface area contributed by atoms with Crippen LogP contribution < -0.4 is 20.1 Å². The van der Waals surface area contributed by atoms with E-state index >= 15 is 0 Å². The van der Waals surface area contributed by atoms with Crippen LogP contribution in [0.5, 0.6) is 5.75 Å². The SMILES string of the molecule is CN=C(NCCS(=O)(=O)NCC1CCCCO1)NCc1ccccc1OCC1CC1.I. The maximum Gasteiger partial charge on any atom is 0.213 e. The summed E-state index contributed by atoms with van der Waals surface area (Å²) in [5.41, 5.74) is 1.04. The van der Waals surface area contributed by atoms with Crippen molar-refractivity contribution < 1.29 is 17.9 Å². The molecule has 0 bridgehead atoms.